The predicted molar refractivity (Wildman–Crippen MR) is 103 cm³/mol. The number of nitrogens with zero attached hydrogens (tertiary/aromatic N) is 4. The summed E-state index contributed by atoms with van der Waals surface area (Å²) in [4.78, 5) is 14.2. The summed E-state index contributed by atoms with van der Waals surface area (Å²) in [6.45, 7) is 2.38. The molecule has 4 heterocycles. The highest BCUT2D eigenvalue weighted by Gasteiger charge is 2.65. The zero-order valence-corrected chi connectivity index (χ0v) is 17.6. The molecule has 172 valence electrons. The largest absolute Gasteiger partial charge is 0.420 e. The monoisotopic (exact) mass is 458 g/mol. The van der Waals surface area contributed by atoms with Crippen molar-refractivity contribution in [3.8, 4) is 0 Å². The molecule has 3 aliphatic heterocycles. The maximum atomic E-state index is 12.8. The Hall–Kier alpha value is -1.84. The van der Waals surface area contributed by atoms with E-state index < -0.39 is 34.6 Å². The number of hydrogen-bond acceptors (Lipinski definition) is 10. The smallest absolute Gasteiger partial charge is 0.418 e. The Morgan fingerprint density at radius 3 is 2.74 bits per heavy atom. The second-order valence-electron chi connectivity index (χ2n) is 8.79. The first-order valence-electron chi connectivity index (χ1n) is 10.5. The van der Waals surface area contributed by atoms with Crippen molar-refractivity contribution in [2.45, 2.75) is 56.3 Å². The standard InChI is InChI=1S/C17H26N6O7S/c24-12(8-19-10-1-5-18-6-2-10)15-21-20-14(29-15)11-7-17(3-4-17)13-9-22(11)16(25)23(13)30-31(26,27)28/h10-13,18-19,24H,1-9H2,(H,26,27,28)/t11-,12?,13-/m0/s1. The highest BCUT2D eigenvalue weighted by atomic mass is 32.3. The van der Waals surface area contributed by atoms with Crippen LogP contribution in [0.3, 0.4) is 0 Å². The van der Waals surface area contributed by atoms with Gasteiger partial charge in [0.15, 0.2) is 0 Å². The van der Waals surface area contributed by atoms with Gasteiger partial charge in [0.2, 0.25) is 11.8 Å². The lowest BCUT2D eigenvalue weighted by atomic mass is 9.85. The van der Waals surface area contributed by atoms with Gasteiger partial charge in [0.05, 0.1) is 6.04 Å². The Balaban J connectivity index is 1.29. The molecule has 4 aliphatic rings. The second-order valence-corrected chi connectivity index (χ2v) is 9.79. The van der Waals surface area contributed by atoms with Gasteiger partial charge in [-0.15, -0.1) is 14.5 Å². The molecule has 3 atom stereocenters. The van der Waals surface area contributed by atoms with Crippen molar-refractivity contribution in [2.24, 2.45) is 5.41 Å². The molecule has 2 amide bonds. The van der Waals surface area contributed by atoms with Gasteiger partial charge in [0, 0.05) is 19.1 Å². The number of fused-ring (bicyclic) bond motifs is 3. The lowest BCUT2D eigenvalue weighted by molar-refractivity contribution is -0.0530. The van der Waals surface area contributed by atoms with Crippen molar-refractivity contribution < 1.29 is 31.6 Å². The van der Waals surface area contributed by atoms with Gasteiger partial charge < -0.3 is 25.1 Å². The molecular formula is C17H26N6O7S. The molecule has 14 heteroatoms. The van der Waals surface area contributed by atoms with E-state index in [0.717, 1.165) is 43.8 Å². The van der Waals surface area contributed by atoms with Crippen LogP contribution in [0.15, 0.2) is 4.42 Å². The zero-order chi connectivity index (χ0) is 21.8. The van der Waals surface area contributed by atoms with E-state index in [1.54, 1.807) is 0 Å². The number of carbonyl (C=O) groups excluding carboxylic acids is 1. The van der Waals surface area contributed by atoms with E-state index in [1.807, 2.05) is 0 Å². The van der Waals surface area contributed by atoms with E-state index in [-0.39, 0.29) is 30.3 Å². The van der Waals surface area contributed by atoms with Crippen LogP contribution < -0.4 is 10.6 Å². The van der Waals surface area contributed by atoms with Crippen molar-refractivity contribution in [3.63, 3.8) is 0 Å². The van der Waals surface area contributed by atoms with E-state index in [2.05, 4.69) is 25.1 Å². The van der Waals surface area contributed by atoms with Gasteiger partial charge in [-0.05, 0) is 50.6 Å². The summed E-state index contributed by atoms with van der Waals surface area (Å²) in [7, 11) is -4.82. The number of nitrogens with one attached hydrogen (secondary N) is 2. The number of urea groups is 1. The van der Waals surface area contributed by atoms with Gasteiger partial charge in [0.25, 0.3) is 0 Å². The summed E-state index contributed by atoms with van der Waals surface area (Å²) in [5.74, 6) is 0.267. The topological polar surface area (TPSA) is 170 Å². The highest BCUT2D eigenvalue weighted by molar-refractivity contribution is 7.80. The number of rotatable bonds is 7. The van der Waals surface area contributed by atoms with Gasteiger partial charge in [-0.3, -0.25) is 4.55 Å². The van der Waals surface area contributed by atoms with E-state index in [0.29, 0.717) is 12.5 Å². The number of aliphatic hydroxyl groups is 1. The van der Waals surface area contributed by atoms with E-state index in [9.17, 15) is 18.3 Å². The van der Waals surface area contributed by atoms with Gasteiger partial charge in [-0.1, -0.05) is 0 Å². The SMILES string of the molecule is O=C1N2C[C@H](N1OS(=O)(=O)O)C1(CC1)C[C@H]2c1nnc(C(O)CNC2CCNCC2)o1. The molecule has 1 spiro atoms. The van der Waals surface area contributed by atoms with Crippen LogP contribution >= 0.6 is 0 Å². The lowest BCUT2D eigenvalue weighted by Gasteiger charge is -2.34. The number of piperidine rings is 2. The minimum absolute atomic E-state index is 0.0705. The molecule has 0 aromatic carbocycles. The highest BCUT2D eigenvalue weighted by Crippen LogP contribution is 2.61. The van der Waals surface area contributed by atoms with Gasteiger partial charge in [0.1, 0.15) is 12.1 Å². The van der Waals surface area contributed by atoms with Crippen LogP contribution in [0.2, 0.25) is 0 Å². The average molecular weight is 458 g/mol. The van der Waals surface area contributed by atoms with E-state index >= 15 is 0 Å². The first-order valence-corrected chi connectivity index (χ1v) is 11.8. The second kappa shape index (κ2) is 7.64. The number of hydroxylamine groups is 2. The fourth-order valence-electron chi connectivity index (χ4n) is 4.94. The number of aromatic nitrogens is 2. The van der Waals surface area contributed by atoms with Crippen LogP contribution in [-0.2, 0) is 14.7 Å². The minimum Gasteiger partial charge on any atom is -0.420 e. The van der Waals surface area contributed by atoms with E-state index in [4.69, 9.17) is 8.97 Å². The van der Waals surface area contributed by atoms with Gasteiger partial charge in [-0.2, -0.15) is 13.5 Å². The molecule has 0 radical (unpaired) electrons. The predicted octanol–water partition coefficient (Wildman–Crippen LogP) is -0.490. The molecule has 1 saturated carbocycles. The first-order chi connectivity index (χ1) is 14.8. The van der Waals surface area contributed by atoms with Gasteiger partial charge >= 0.3 is 16.4 Å². The molecule has 31 heavy (non-hydrogen) atoms. The van der Waals surface area contributed by atoms with Crippen LogP contribution in [0.5, 0.6) is 0 Å². The third-order valence-corrected chi connectivity index (χ3v) is 7.15. The summed E-state index contributed by atoms with van der Waals surface area (Å²) < 4.78 is 41.8. The Labute approximate surface area is 179 Å². The van der Waals surface area contributed by atoms with Crippen LogP contribution in [0.1, 0.15) is 56.0 Å². The van der Waals surface area contributed by atoms with Gasteiger partial charge in [-0.25, -0.2) is 4.79 Å². The Morgan fingerprint density at radius 1 is 1.32 bits per heavy atom. The third-order valence-electron chi connectivity index (χ3n) is 6.80. The zero-order valence-electron chi connectivity index (χ0n) is 16.8. The quantitative estimate of drug-likeness (QED) is 0.389. The molecule has 4 N–H and O–H groups in total. The van der Waals surface area contributed by atoms with Crippen LogP contribution in [0.4, 0.5) is 4.79 Å². The Kier molecular flexibility index (Phi) is 5.18. The number of hydrogen-bond donors (Lipinski definition) is 4. The summed E-state index contributed by atoms with van der Waals surface area (Å²) in [5.41, 5.74) is -0.318. The average Bonchev–Trinajstić information content (AvgIpc) is 3.21. The van der Waals surface area contributed by atoms with Crippen LogP contribution in [0.25, 0.3) is 0 Å². The number of aliphatic hydroxyl groups excluding tert-OH is 1. The molecule has 5 rings (SSSR count). The van der Waals surface area contributed by atoms with Crippen molar-refractivity contribution in [2.75, 3.05) is 26.2 Å². The minimum atomic E-state index is -4.82. The summed E-state index contributed by atoms with van der Waals surface area (Å²) in [5, 5.41) is 25.8. The van der Waals surface area contributed by atoms with Crippen molar-refractivity contribution in [1.82, 2.24) is 30.8 Å². The first kappa shape index (κ1) is 21.0. The fraction of sp³-hybridized carbons (Fsp3) is 0.824. The summed E-state index contributed by atoms with van der Waals surface area (Å²) in [6.07, 6.45) is 3.09. The summed E-state index contributed by atoms with van der Waals surface area (Å²) in [6, 6.07) is -1.38. The van der Waals surface area contributed by atoms with Crippen molar-refractivity contribution >= 4 is 16.4 Å². The Bertz CT molecular complexity index is 945. The molecule has 3 saturated heterocycles. The molecule has 1 aromatic heterocycles. The molecule has 1 aliphatic carbocycles. The maximum absolute atomic E-state index is 12.8. The van der Waals surface area contributed by atoms with Crippen LogP contribution in [-0.4, -0.2) is 82.5 Å². The lowest BCUT2D eigenvalue weighted by Crippen LogP contribution is -2.43. The third kappa shape index (κ3) is 4.03. The summed E-state index contributed by atoms with van der Waals surface area (Å²) >= 11 is 0. The van der Waals surface area contributed by atoms with Crippen molar-refractivity contribution in [3.05, 3.63) is 11.8 Å². The molecule has 1 unspecified atom stereocenters. The normalized spacial score (nSPS) is 29.0. The Morgan fingerprint density at radius 2 is 2.06 bits per heavy atom. The molecule has 2 bridgehead atoms. The molecule has 13 nitrogen and oxygen atoms in total. The molecular weight excluding hydrogens is 432 g/mol. The van der Waals surface area contributed by atoms with E-state index in [1.165, 1.54) is 4.90 Å². The van der Waals surface area contributed by atoms with Crippen LogP contribution in [0, 0.1) is 5.41 Å². The number of carbonyl (C=O) groups is 1. The van der Waals surface area contributed by atoms with Crippen molar-refractivity contribution in [1.29, 1.82) is 0 Å². The number of amides is 2. The maximum Gasteiger partial charge on any atom is 0.418 e. The fourth-order valence-corrected chi connectivity index (χ4v) is 5.31. The molecule has 1 aromatic rings. The molecule has 4 fully saturated rings.